The lowest BCUT2D eigenvalue weighted by atomic mass is 9.85. The fourth-order valence-corrected chi connectivity index (χ4v) is 3.56. The molecule has 0 unspecified atom stereocenters. The molecule has 2 rings (SSSR count). The highest BCUT2D eigenvalue weighted by Crippen LogP contribution is 2.29. The maximum absolute atomic E-state index is 12.9. The number of hydrazine groups is 1. The van der Waals surface area contributed by atoms with E-state index in [9.17, 15) is 9.59 Å². The third-order valence-electron chi connectivity index (χ3n) is 5.42. The van der Waals surface area contributed by atoms with Gasteiger partial charge in [0.15, 0.2) is 0 Å². The van der Waals surface area contributed by atoms with E-state index in [1.165, 1.54) is 5.56 Å². The molecular formula is C21H33N3O3. The first kappa shape index (κ1) is 21.2. The minimum absolute atomic E-state index is 0.0897. The molecule has 0 saturated carbocycles. The number of hydrogen-bond donors (Lipinski definition) is 2. The van der Waals surface area contributed by atoms with Gasteiger partial charge in [-0.3, -0.25) is 15.0 Å². The molecule has 0 aliphatic carbocycles. The molecule has 1 heterocycles. The van der Waals surface area contributed by atoms with Gasteiger partial charge < -0.3 is 9.64 Å². The summed E-state index contributed by atoms with van der Waals surface area (Å²) in [7, 11) is 0. The molecule has 1 aliphatic heterocycles. The summed E-state index contributed by atoms with van der Waals surface area (Å²) in [5.74, 6) is 6.05. The molecule has 0 atom stereocenters. The second-order valence-electron chi connectivity index (χ2n) is 8.18. The van der Waals surface area contributed by atoms with Crippen LogP contribution in [0, 0.1) is 25.2 Å². The number of carbonyl (C=O) groups excluding carboxylic acids is 2. The van der Waals surface area contributed by atoms with Crippen LogP contribution in [0.1, 0.15) is 50.7 Å². The summed E-state index contributed by atoms with van der Waals surface area (Å²) < 4.78 is 5.91. The largest absolute Gasteiger partial charge is 0.493 e. The zero-order chi connectivity index (χ0) is 20.0. The molecule has 1 aromatic rings. The van der Waals surface area contributed by atoms with Crippen LogP contribution >= 0.6 is 0 Å². The predicted molar refractivity (Wildman–Crippen MR) is 106 cm³/mol. The van der Waals surface area contributed by atoms with Crippen LogP contribution in [0.3, 0.4) is 0 Å². The fourth-order valence-electron chi connectivity index (χ4n) is 3.56. The van der Waals surface area contributed by atoms with Crippen molar-refractivity contribution < 1.29 is 14.3 Å². The highest BCUT2D eigenvalue weighted by Gasteiger charge is 2.34. The van der Waals surface area contributed by atoms with Crippen molar-refractivity contribution in [1.29, 1.82) is 0 Å². The molecule has 0 radical (unpaired) electrons. The fraction of sp³-hybridized carbons (Fsp3) is 0.619. The van der Waals surface area contributed by atoms with E-state index in [-0.39, 0.29) is 17.7 Å². The number of piperidine rings is 1. The Morgan fingerprint density at radius 3 is 2.56 bits per heavy atom. The molecule has 6 nitrogen and oxygen atoms in total. The summed E-state index contributed by atoms with van der Waals surface area (Å²) in [4.78, 5) is 26.4. The maximum atomic E-state index is 12.9. The Morgan fingerprint density at radius 1 is 1.26 bits per heavy atom. The van der Waals surface area contributed by atoms with Gasteiger partial charge in [0.1, 0.15) is 5.75 Å². The van der Waals surface area contributed by atoms with E-state index in [0.717, 1.165) is 24.2 Å². The molecule has 27 heavy (non-hydrogen) atoms. The molecular weight excluding hydrogens is 342 g/mol. The smallest absolute Gasteiger partial charge is 0.237 e. The number of aryl methyl sites for hydroxylation is 2. The van der Waals surface area contributed by atoms with E-state index in [1.807, 2.05) is 31.7 Å². The molecule has 0 aromatic heterocycles. The monoisotopic (exact) mass is 375 g/mol. The van der Waals surface area contributed by atoms with Crippen molar-refractivity contribution in [2.75, 3.05) is 19.7 Å². The van der Waals surface area contributed by atoms with Gasteiger partial charge in [-0.15, -0.1) is 0 Å². The second-order valence-corrected chi connectivity index (χ2v) is 8.18. The third-order valence-corrected chi connectivity index (χ3v) is 5.42. The van der Waals surface area contributed by atoms with Crippen LogP contribution in [-0.2, 0) is 9.59 Å². The first-order valence-electron chi connectivity index (χ1n) is 9.74. The zero-order valence-corrected chi connectivity index (χ0v) is 17.0. The van der Waals surface area contributed by atoms with Crippen molar-refractivity contribution in [1.82, 2.24) is 10.3 Å². The molecule has 0 spiro atoms. The number of carbonyl (C=O) groups is 2. The van der Waals surface area contributed by atoms with Gasteiger partial charge in [-0.25, -0.2) is 5.84 Å². The Kier molecular flexibility index (Phi) is 7.25. The lowest BCUT2D eigenvalue weighted by molar-refractivity contribution is -0.143. The van der Waals surface area contributed by atoms with Crippen LogP contribution < -0.4 is 16.0 Å². The number of amides is 2. The van der Waals surface area contributed by atoms with E-state index in [4.69, 9.17) is 10.6 Å². The maximum Gasteiger partial charge on any atom is 0.237 e. The van der Waals surface area contributed by atoms with Crippen molar-refractivity contribution in [3.8, 4) is 5.75 Å². The summed E-state index contributed by atoms with van der Waals surface area (Å²) in [5.41, 5.74) is 4.08. The van der Waals surface area contributed by atoms with Gasteiger partial charge in [0.25, 0.3) is 0 Å². The van der Waals surface area contributed by atoms with Gasteiger partial charge >= 0.3 is 0 Å². The molecule has 1 aromatic carbocycles. The number of rotatable bonds is 7. The van der Waals surface area contributed by atoms with Crippen molar-refractivity contribution in [2.24, 2.45) is 17.2 Å². The number of benzene rings is 1. The van der Waals surface area contributed by atoms with Crippen molar-refractivity contribution in [2.45, 2.75) is 53.4 Å². The summed E-state index contributed by atoms with van der Waals surface area (Å²) >= 11 is 0. The summed E-state index contributed by atoms with van der Waals surface area (Å²) in [5, 5.41) is 0. The van der Waals surface area contributed by atoms with Crippen molar-refractivity contribution in [3.05, 3.63) is 29.3 Å². The first-order valence-corrected chi connectivity index (χ1v) is 9.74. The van der Waals surface area contributed by atoms with Crippen molar-refractivity contribution >= 4 is 11.8 Å². The van der Waals surface area contributed by atoms with Crippen LogP contribution in [0.5, 0.6) is 5.75 Å². The van der Waals surface area contributed by atoms with Crippen LogP contribution in [0.15, 0.2) is 18.2 Å². The first-order chi connectivity index (χ1) is 12.7. The molecule has 0 bridgehead atoms. The molecule has 3 N–H and O–H groups in total. The molecule has 1 saturated heterocycles. The highest BCUT2D eigenvalue weighted by molar-refractivity contribution is 5.83. The number of ether oxygens (including phenoxy) is 1. The average Bonchev–Trinajstić information content (AvgIpc) is 2.66. The number of nitrogens with zero attached hydrogens (tertiary/aromatic N) is 1. The lowest BCUT2D eigenvalue weighted by Crippen LogP contribution is -2.48. The minimum Gasteiger partial charge on any atom is -0.493 e. The van der Waals surface area contributed by atoms with Gasteiger partial charge in [0, 0.05) is 24.4 Å². The minimum atomic E-state index is -0.437. The van der Waals surface area contributed by atoms with E-state index >= 15 is 0 Å². The topological polar surface area (TPSA) is 84.7 Å². The van der Waals surface area contributed by atoms with Gasteiger partial charge in [-0.05, 0) is 56.7 Å². The quantitative estimate of drug-likeness (QED) is 0.332. The van der Waals surface area contributed by atoms with Crippen LogP contribution in [-0.4, -0.2) is 36.4 Å². The Hall–Kier alpha value is -2.08. The number of nitrogens with one attached hydrogen (secondary N) is 1. The summed E-state index contributed by atoms with van der Waals surface area (Å²) in [6, 6.07) is 6.18. The summed E-state index contributed by atoms with van der Waals surface area (Å²) in [6.07, 6.45) is 2.92. The van der Waals surface area contributed by atoms with E-state index in [2.05, 4.69) is 24.5 Å². The van der Waals surface area contributed by atoms with Gasteiger partial charge in [0.2, 0.25) is 11.8 Å². The van der Waals surface area contributed by atoms with Gasteiger partial charge in [-0.1, -0.05) is 26.0 Å². The van der Waals surface area contributed by atoms with E-state index in [1.54, 1.807) is 0 Å². The average molecular weight is 376 g/mol. The Labute approximate surface area is 162 Å². The van der Waals surface area contributed by atoms with E-state index < -0.39 is 5.41 Å². The third kappa shape index (κ3) is 5.70. The second kappa shape index (κ2) is 9.22. The van der Waals surface area contributed by atoms with E-state index in [0.29, 0.717) is 32.5 Å². The SMILES string of the molecule is Cc1ccc(C)c(OCCCC(C)(C)C(=O)N2CCC(C(=O)NN)CC2)c1. The molecule has 1 aliphatic rings. The molecule has 2 amide bonds. The molecule has 6 heteroatoms. The van der Waals surface area contributed by atoms with Gasteiger partial charge in [-0.2, -0.15) is 0 Å². The number of likely N-dealkylation sites (tertiary alicyclic amines) is 1. The highest BCUT2D eigenvalue weighted by atomic mass is 16.5. The molecule has 1 fully saturated rings. The number of hydrogen-bond acceptors (Lipinski definition) is 4. The Balaban J connectivity index is 1.79. The molecule has 150 valence electrons. The normalized spacial score (nSPS) is 15.5. The number of nitrogens with two attached hydrogens (primary N) is 1. The van der Waals surface area contributed by atoms with Crippen LogP contribution in [0.25, 0.3) is 0 Å². The standard InChI is InChI=1S/C21H33N3O3/c1-15-6-7-16(2)18(14-15)27-13-5-10-21(3,4)20(26)24-11-8-17(9-12-24)19(25)23-22/h6-7,14,17H,5,8-13,22H2,1-4H3,(H,23,25). The zero-order valence-electron chi connectivity index (χ0n) is 17.0. The summed E-state index contributed by atoms with van der Waals surface area (Å²) in [6.45, 7) is 9.89. The Bertz CT molecular complexity index is 665. The predicted octanol–water partition coefficient (Wildman–Crippen LogP) is 2.72. The van der Waals surface area contributed by atoms with Gasteiger partial charge in [0.05, 0.1) is 6.61 Å². The van der Waals surface area contributed by atoms with Crippen molar-refractivity contribution in [3.63, 3.8) is 0 Å². The Morgan fingerprint density at radius 2 is 1.93 bits per heavy atom. The van der Waals surface area contributed by atoms with Crippen LogP contribution in [0.2, 0.25) is 0 Å². The lowest BCUT2D eigenvalue weighted by Gasteiger charge is -2.36. The van der Waals surface area contributed by atoms with Crippen LogP contribution in [0.4, 0.5) is 0 Å².